The Bertz CT molecular complexity index is 1070. The van der Waals surface area contributed by atoms with Gasteiger partial charge in [-0.15, -0.1) is 0 Å². The Kier molecular flexibility index (Phi) is 5.62. The minimum absolute atomic E-state index is 0.110. The highest BCUT2D eigenvalue weighted by molar-refractivity contribution is 7.99. The van der Waals surface area contributed by atoms with Gasteiger partial charge < -0.3 is 10.2 Å². The summed E-state index contributed by atoms with van der Waals surface area (Å²) >= 11 is 1.48. The van der Waals surface area contributed by atoms with Crippen molar-refractivity contribution in [2.75, 3.05) is 16.8 Å². The highest BCUT2D eigenvalue weighted by atomic mass is 32.2. The van der Waals surface area contributed by atoms with Crippen molar-refractivity contribution in [3.8, 4) is 0 Å². The first-order valence-corrected chi connectivity index (χ1v) is 10.4. The fraction of sp³-hybridized carbons (Fsp3) is 0.174. The number of hydrogen-bond donors (Lipinski definition) is 1. The molecule has 0 saturated heterocycles. The Morgan fingerprint density at radius 1 is 1.07 bits per heavy atom. The van der Waals surface area contributed by atoms with Crippen molar-refractivity contribution in [3.63, 3.8) is 0 Å². The van der Waals surface area contributed by atoms with E-state index in [2.05, 4.69) is 17.2 Å². The minimum atomic E-state index is -0.116. The van der Waals surface area contributed by atoms with Crippen LogP contribution in [0.2, 0.25) is 0 Å². The number of benzene rings is 2. The summed E-state index contributed by atoms with van der Waals surface area (Å²) < 4.78 is 0. The number of pyridine rings is 1. The van der Waals surface area contributed by atoms with Gasteiger partial charge in [-0.2, -0.15) is 0 Å². The first kappa shape index (κ1) is 19.2. The van der Waals surface area contributed by atoms with Crippen molar-refractivity contribution in [2.24, 2.45) is 0 Å². The fourth-order valence-electron chi connectivity index (χ4n) is 3.36. The molecular formula is C23H21N3O2S. The summed E-state index contributed by atoms with van der Waals surface area (Å²) in [4.78, 5) is 32.8. The van der Waals surface area contributed by atoms with Crippen LogP contribution in [0.5, 0.6) is 0 Å². The van der Waals surface area contributed by atoms with Gasteiger partial charge in [-0.25, -0.2) is 4.98 Å². The Balaban J connectivity index is 1.56. The monoisotopic (exact) mass is 403 g/mol. The molecule has 1 aliphatic rings. The molecule has 6 heteroatoms. The number of fused-ring (bicyclic) bond motifs is 2. The second kappa shape index (κ2) is 8.49. The maximum Gasteiger partial charge on any atom is 0.259 e. The van der Waals surface area contributed by atoms with E-state index in [1.807, 2.05) is 60.7 Å². The molecule has 0 fully saturated rings. The molecule has 4 rings (SSSR count). The number of amides is 2. The summed E-state index contributed by atoms with van der Waals surface area (Å²) in [6.07, 6.45) is 2.76. The van der Waals surface area contributed by atoms with Crippen molar-refractivity contribution in [1.29, 1.82) is 0 Å². The van der Waals surface area contributed by atoms with E-state index in [9.17, 15) is 9.59 Å². The molecule has 0 unspecified atom stereocenters. The number of rotatable bonds is 5. The van der Waals surface area contributed by atoms with E-state index < -0.39 is 0 Å². The van der Waals surface area contributed by atoms with Crippen molar-refractivity contribution in [2.45, 2.75) is 29.7 Å². The van der Waals surface area contributed by atoms with Crippen LogP contribution in [0.3, 0.4) is 0 Å². The van der Waals surface area contributed by atoms with Gasteiger partial charge in [0.1, 0.15) is 5.03 Å². The molecule has 0 aliphatic carbocycles. The molecule has 3 aromatic rings. The lowest BCUT2D eigenvalue weighted by Crippen LogP contribution is -2.34. The number of anilines is 2. The van der Waals surface area contributed by atoms with Crippen LogP contribution in [-0.2, 0) is 11.2 Å². The first-order chi connectivity index (χ1) is 14.2. The van der Waals surface area contributed by atoms with Gasteiger partial charge in [0.2, 0.25) is 5.91 Å². The lowest BCUT2D eigenvalue weighted by molar-refractivity contribution is -0.116. The Labute approximate surface area is 174 Å². The van der Waals surface area contributed by atoms with Gasteiger partial charge in [-0.1, -0.05) is 49.0 Å². The van der Waals surface area contributed by atoms with Gasteiger partial charge in [-0.3, -0.25) is 9.59 Å². The van der Waals surface area contributed by atoms with E-state index in [-0.39, 0.29) is 24.8 Å². The topological polar surface area (TPSA) is 62.3 Å². The Morgan fingerprint density at radius 3 is 2.72 bits per heavy atom. The summed E-state index contributed by atoms with van der Waals surface area (Å²) in [6, 6.07) is 19.0. The predicted molar refractivity (Wildman–Crippen MR) is 116 cm³/mol. The SMILES string of the molecule is CCc1ccccc1NC(=O)CCN1C(=O)c2ccccc2Sc2ncccc21. The number of para-hydroxylation sites is 1. The molecule has 2 amide bonds. The number of aryl methyl sites for hydroxylation is 1. The molecule has 0 radical (unpaired) electrons. The van der Waals surface area contributed by atoms with E-state index in [0.717, 1.165) is 33.3 Å². The highest BCUT2D eigenvalue weighted by Crippen LogP contribution is 2.39. The van der Waals surface area contributed by atoms with Gasteiger partial charge in [0.15, 0.2) is 0 Å². The largest absolute Gasteiger partial charge is 0.326 e. The number of carbonyl (C=O) groups is 2. The third-order valence-corrected chi connectivity index (χ3v) is 5.93. The number of carbonyl (C=O) groups excluding carboxylic acids is 2. The molecule has 146 valence electrons. The van der Waals surface area contributed by atoms with E-state index in [4.69, 9.17) is 0 Å². The predicted octanol–water partition coefficient (Wildman–Crippen LogP) is 4.78. The van der Waals surface area contributed by atoms with Crippen LogP contribution in [0.4, 0.5) is 11.4 Å². The van der Waals surface area contributed by atoms with Crippen LogP contribution < -0.4 is 10.2 Å². The normalized spacial score (nSPS) is 12.7. The summed E-state index contributed by atoms with van der Waals surface area (Å²) in [7, 11) is 0. The quantitative estimate of drug-likeness (QED) is 0.666. The smallest absolute Gasteiger partial charge is 0.259 e. The molecule has 0 atom stereocenters. The van der Waals surface area contributed by atoms with Crippen molar-refractivity contribution in [1.82, 2.24) is 4.98 Å². The molecule has 0 bridgehead atoms. The van der Waals surface area contributed by atoms with Crippen LogP contribution in [0, 0.1) is 0 Å². The van der Waals surface area contributed by atoms with Crippen LogP contribution in [0.25, 0.3) is 0 Å². The lowest BCUT2D eigenvalue weighted by atomic mass is 10.1. The summed E-state index contributed by atoms with van der Waals surface area (Å²) in [5, 5.41) is 3.74. The standard InChI is InChI=1S/C23H21N3O2S/c1-2-16-8-3-5-10-18(16)25-21(27)13-15-26-19-11-7-14-24-22(19)29-20-12-6-4-9-17(20)23(26)28/h3-12,14H,2,13,15H2,1H3,(H,25,27). The summed E-state index contributed by atoms with van der Waals surface area (Å²) in [5.41, 5.74) is 3.28. The van der Waals surface area contributed by atoms with Gasteiger partial charge in [-0.05, 0) is 42.3 Å². The maximum absolute atomic E-state index is 13.2. The lowest BCUT2D eigenvalue weighted by Gasteiger charge is -2.22. The van der Waals surface area contributed by atoms with E-state index in [1.54, 1.807) is 11.1 Å². The van der Waals surface area contributed by atoms with Crippen molar-refractivity contribution >= 4 is 35.0 Å². The number of nitrogens with zero attached hydrogens (tertiary/aromatic N) is 2. The van der Waals surface area contributed by atoms with Gasteiger partial charge in [0, 0.05) is 29.7 Å². The first-order valence-electron chi connectivity index (χ1n) is 9.59. The average Bonchev–Trinajstić information content (AvgIpc) is 2.87. The number of aromatic nitrogens is 1. The van der Waals surface area contributed by atoms with Crippen LogP contribution in [0.1, 0.15) is 29.3 Å². The Hall–Kier alpha value is -3.12. The molecule has 2 aromatic carbocycles. The summed E-state index contributed by atoms with van der Waals surface area (Å²) in [6.45, 7) is 2.34. The third-order valence-electron chi connectivity index (χ3n) is 4.85. The maximum atomic E-state index is 13.2. The zero-order chi connectivity index (χ0) is 20.2. The van der Waals surface area contributed by atoms with E-state index in [0.29, 0.717) is 5.56 Å². The minimum Gasteiger partial charge on any atom is -0.326 e. The molecule has 1 aromatic heterocycles. The third kappa shape index (κ3) is 4.03. The fourth-order valence-corrected chi connectivity index (χ4v) is 4.37. The van der Waals surface area contributed by atoms with Gasteiger partial charge in [0.05, 0.1) is 11.3 Å². The zero-order valence-corrected chi connectivity index (χ0v) is 16.9. The molecule has 0 saturated carbocycles. The molecule has 1 aliphatic heterocycles. The second-order valence-electron chi connectivity index (χ2n) is 6.69. The van der Waals surface area contributed by atoms with Crippen LogP contribution in [0.15, 0.2) is 76.8 Å². The Morgan fingerprint density at radius 2 is 1.86 bits per heavy atom. The number of hydrogen-bond acceptors (Lipinski definition) is 4. The highest BCUT2D eigenvalue weighted by Gasteiger charge is 2.28. The average molecular weight is 404 g/mol. The molecule has 1 N–H and O–H groups in total. The number of nitrogens with one attached hydrogen (secondary N) is 1. The van der Waals surface area contributed by atoms with Gasteiger partial charge in [0.25, 0.3) is 5.91 Å². The van der Waals surface area contributed by atoms with Gasteiger partial charge >= 0.3 is 0 Å². The summed E-state index contributed by atoms with van der Waals surface area (Å²) in [5.74, 6) is -0.226. The van der Waals surface area contributed by atoms with Crippen molar-refractivity contribution in [3.05, 3.63) is 78.0 Å². The molecule has 5 nitrogen and oxygen atoms in total. The van der Waals surface area contributed by atoms with Crippen molar-refractivity contribution < 1.29 is 9.59 Å². The van der Waals surface area contributed by atoms with Crippen LogP contribution in [-0.4, -0.2) is 23.3 Å². The molecular weight excluding hydrogens is 382 g/mol. The van der Waals surface area contributed by atoms with E-state index >= 15 is 0 Å². The zero-order valence-electron chi connectivity index (χ0n) is 16.1. The second-order valence-corrected chi connectivity index (χ2v) is 7.72. The van der Waals surface area contributed by atoms with E-state index in [1.165, 1.54) is 11.8 Å². The molecule has 2 heterocycles. The molecule has 0 spiro atoms. The molecule has 29 heavy (non-hydrogen) atoms. The van der Waals surface area contributed by atoms with Crippen LogP contribution >= 0.6 is 11.8 Å².